The van der Waals surface area contributed by atoms with E-state index in [1.54, 1.807) is 17.9 Å². The van der Waals surface area contributed by atoms with E-state index in [0.29, 0.717) is 24.5 Å². The van der Waals surface area contributed by atoms with Gasteiger partial charge in [0.1, 0.15) is 0 Å². The minimum absolute atomic E-state index is 0.00584. The van der Waals surface area contributed by atoms with Crippen LogP contribution in [0, 0.1) is 12.3 Å². The molecule has 0 bridgehead atoms. The number of hydrogen-bond acceptors (Lipinski definition) is 4. The van der Waals surface area contributed by atoms with Crippen molar-refractivity contribution in [2.75, 3.05) is 19.7 Å². The molecule has 1 amide bonds. The van der Waals surface area contributed by atoms with Gasteiger partial charge in [0.05, 0.1) is 5.69 Å². The summed E-state index contributed by atoms with van der Waals surface area (Å²) in [6.45, 7) is 5.44. The highest BCUT2D eigenvalue weighted by Crippen LogP contribution is 2.34. The first-order valence-corrected chi connectivity index (χ1v) is 6.44. The van der Waals surface area contributed by atoms with Crippen LogP contribution < -0.4 is 0 Å². The van der Waals surface area contributed by atoms with Crippen LogP contribution >= 0.6 is 0 Å². The summed E-state index contributed by atoms with van der Waals surface area (Å²) in [5.74, 6) is 0.207. The highest BCUT2D eigenvalue weighted by atomic mass is 16.5. The van der Waals surface area contributed by atoms with Gasteiger partial charge < -0.3 is 14.5 Å². The number of likely N-dealkylation sites (tertiary alicyclic amines) is 1. The zero-order valence-electron chi connectivity index (χ0n) is 11.0. The van der Waals surface area contributed by atoms with E-state index in [1.165, 1.54) is 0 Å². The van der Waals surface area contributed by atoms with Crippen LogP contribution in [0.1, 0.15) is 42.4 Å². The van der Waals surface area contributed by atoms with Crippen LogP contribution in [-0.2, 0) is 0 Å². The molecule has 1 fully saturated rings. The molecule has 100 valence electrons. The van der Waals surface area contributed by atoms with Crippen molar-refractivity contribution >= 4 is 5.91 Å². The Balaban J connectivity index is 1.99. The van der Waals surface area contributed by atoms with Gasteiger partial charge in [0.2, 0.25) is 5.76 Å². The number of piperidine rings is 1. The molecule has 0 saturated carbocycles. The largest absolute Gasteiger partial charge is 0.396 e. The molecule has 2 heterocycles. The van der Waals surface area contributed by atoms with Gasteiger partial charge in [0.15, 0.2) is 0 Å². The highest BCUT2D eigenvalue weighted by Gasteiger charge is 2.34. The fraction of sp³-hybridized carbons (Fsp3) is 0.692. The number of rotatable bonds is 3. The van der Waals surface area contributed by atoms with Crippen LogP contribution in [0.3, 0.4) is 0 Å². The molecular formula is C13H20N2O3. The number of carbonyl (C=O) groups excluding carboxylic acids is 1. The lowest BCUT2D eigenvalue weighted by molar-refractivity contribution is 0.0315. The molecule has 1 aliphatic rings. The molecule has 1 aromatic rings. The van der Waals surface area contributed by atoms with E-state index >= 15 is 0 Å². The van der Waals surface area contributed by atoms with Crippen molar-refractivity contribution in [2.24, 2.45) is 5.41 Å². The standard InChI is InChI=1S/C13H20N2O3/c1-3-13(9-16)4-6-15(7-5-13)12(17)11-8-10(2)14-18-11/h8,16H,3-7,9H2,1-2H3. The Labute approximate surface area is 107 Å². The average molecular weight is 252 g/mol. The SMILES string of the molecule is CCC1(CO)CCN(C(=O)c2cc(C)no2)CC1. The van der Waals surface area contributed by atoms with E-state index in [-0.39, 0.29) is 17.9 Å². The maximum absolute atomic E-state index is 12.1. The zero-order valence-corrected chi connectivity index (χ0v) is 11.0. The van der Waals surface area contributed by atoms with E-state index in [2.05, 4.69) is 12.1 Å². The summed E-state index contributed by atoms with van der Waals surface area (Å²) in [4.78, 5) is 13.9. The number of aliphatic hydroxyl groups is 1. The van der Waals surface area contributed by atoms with E-state index in [0.717, 1.165) is 19.3 Å². The second-order valence-electron chi connectivity index (χ2n) is 5.14. The number of aliphatic hydroxyl groups excluding tert-OH is 1. The van der Waals surface area contributed by atoms with Gasteiger partial charge in [-0.05, 0) is 31.6 Å². The molecule has 1 aliphatic heterocycles. The molecule has 1 saturated heterocycles. The smallest absolute Gasteiger partial charge is 0.292 e. The highest BCUT2D eigenvalue weighted by molar-refractivity contribution is 5.91. The first-order chi connectivity index (χ1) is 8.60. The van der Waals surface area contributed by atoms with Crippen molar-refractivity contribution < 1.29 is 14.4 Å². The Bertz CT molecular complexity index is 414. The number of carbonyl (C=O) groups is 1. The van der Waals surface area contributed by atoms with Gasteiger partial charge in [-0.2, -0.15) is 0 Å². The minimum Gasteiger partial charge on any atom is -0.396 e. The number of nitrogens with zero attached hydrogens (tertiary/aromatic N) is 2. The fourth-order valence-corrected chi connectivity index (χ4v) is 2.43. The van der Waals surface area contributed by atoms with Crippen LogP contribution in [0.25, 0.3) is 0 Å². The minimum atomic E-state index is -0.0988. The van der Waals surface area contributed by atoms with Gasteiger partial charge >= 0.3 is 0 Å². The summed E-state index contributed by atoms with van der Waals surface area (Å²) < 4.78 is 4.99. The van der Waals surface area contributed by atoms with Crippen LogP contribution in [0.5, 0.6) is 0 Å². The first kappa shape index (κ1) is 13.1. The Hall–Kier alpha value is -1.36. The Morgan fingerprint density at radius 3 is 2.67 bits per heavy atom. The normalized spacial score (nSPS) is 18.9. The second-order valence-corrected chi connectivity index (χ2v) is 5.14. The molecule has 1 N–H and O–H groups in total. The van der Waals surface area contributed by atoms with Gasteiger partial charge in [-0.1, -0.05) is 12.1 Å². The molecule has 0 spiro atoms. The summed E-state index contributed by atoms with van der Waals surface area (Å²) in [5, 5.41) is 13.2. The van der Waals surface area contributed by atoms with Crippen LogP contribution in [-0.4, -0.2) is 40.8 Å². The lowest BCUT2D eigenvalue weighted by Gasteiger charge is -2.39. The van der Waals surface area contributed by atoms with Gasteiger partial charge in [0, 0.05) is 25.8 Å². The van der Waals surface area contributed by atoms with Crippen LogP contribution in [0.2, 0.25) is 0 Å². The van der Waals surface area contributed by atoms with Gasteiger partial charge in [0.25, 0.3) is 5.91 Å². The molecule has 1 aromatic heterocycles. The Morgan fingerprint density at radius 1 is 1.56 bits per heavy atom. The number of aryl methyl sites for hydroxylation is 1. The van der Waals surface area contributed by atoms with E-state index in [9.17, 15) is 9.90 Å². The lowest BCUT2D eigenvalue weighted by Crippen LogP contribution is -2.44. The second kappa shape index (κ2) is 5.10. The Morgan fingerprint density at radius 2 is 2.22 bits per heavy atom. The van der Waals surface area contributed by atoms with Crippen molar-refractivity contribution in [3.8, 4) is 0 Å². The average Bonchev–Trinajstić information content (AvgIpc) is 2.85. The molecule has 0 atom stereocenters. The van der Waals surface area contributed by atoms with Crippen LogP contribution in [0.4, 0.5) is 0 Å². The van der Waals surface area contributed by atoms with E-state index < -0.39 is 0 Å². The molecule has 0 aromatic carbocycles. The van der Waals surface area contributed by atoms with E-state index in [1.807, 2.05) is 0 Å². The van der Waals surface area contributed by atoms with Crippen molar-refractivity contribution in [1.29, 1.82) is 0 Å². The molecule has 0 aliphatic carbocycles. The third-order valence-electron chi connectivity index (χ3n) is 4.04. The number of aromatic nitrogens is 1. The summed E-state index contributed by atoms with van der Waals surface area (Å²) in [7, 11) is 0. The third kappa shape index (κ3) is 2.41. The predicted octanol–water partition coefficient (Wildman–Crippen LogP) is 1.61. The maximum atomic E-state index is 12.1. The van der Waals surface area contributed by atoms with Gasteiger partial charge in [-0.25, -0.2) is 0 Å². The molecule has 2 rings (SSSR count). The van der Waals surface area contributed by atoms with Crippen molar-refractivity contribution in [3.63, 3.8) is 0 Å². The van der Waals surface area contributed by atoms with Crippen LogP contribution in [0.15, 0.2) is 10.6 Å². The topological polar surface area (TPSA) is 66.6 Å². The number of amides is 1. The molecular weight excluding hydrogens is 232 g/mol. The zero-order chi connectivity index (χ0) is 13.2. The quantitative estimate of drug-likeness (QED) is 0.887. The summed E-state index contributed by atoms with van der Waals surface area (Å²) >= 11 is 0. The monoisotopic (exact) mass is 252 g/mol. The molecule has 18 heavy (non-hydrogen) atoms. The van der Waals surface area contributed by atoms with Crippen molar-refractivity contribution in [3.05, 3.63) is 17.5 Å². The maximum Gasteiger partial charge on any atom is 0.292 e. The molecule has 5 nitrogen and oxygen atoms in total. The van der Waals surface area contributed by atoms with E-state index in [4.69, 9.17) is 4.52 Å². The van der Waals surface area contributed by atoms with Crippen molar-refractivity contribution in [2.45, 2.75) is 33.1 Å². The lowest BCUT2D eigenvalue weighted by atomic mass is 9.77. The summed E-state index contributed by atoms with van der Waals surface area (Å²) in [6.07, 6.45) is 2.64. The third-order valence-corrected chi connectivity index (χ3v) is 4.04. The summed E-state index contributed by atoms with van der Waals surface area (Å²) in [6, 6.07) is 1.66. The summed E-state index contributed by atoms with van der Waals surface area (Å²) in [5.41, 5.74) is 0.710. The molecule has 0 radical (unpaired) electrons. The molecule has 0 unspecified atom stereocenters. The number of hydrogen-bond donors (Lipinski definition) is 1. The van der Waals surface area contributed by atoms with Gasteiger partial charge in [-0.15, -0.1) is 0 Å². The van der Waals surface area contributed by atoms with Crippen molar-refractivity contribution in [1.82, 2.24) is 10.1 Å². The van der Waals surface area contributed by atoms with Gasteiger partial charge in [-0.3, -0.25) is 4.79 Å². The fourth-order valence-electron chi connectivity index (χ4n) is 2.43. The Kier molecular flexibility index (Phi) is 3.71. The predicted molar refractivity (Wildman–Crippen MR) is 66.2 cm³/mol. The first-order valence-electron chi connectivity index (χ1n) is 6.44. The molecule has 5 heteroatoms.